The van der Waals surface area contributed by atoms with E-state index in [-0.39, 0.29) is 5.97 Å². The smallest absolute Gasteiger partial charge is 0.341 e. The fourth-order valence-electron chi connectivity index (χ4n) is 2.47. The van der Waals surface area contributed by atoms with Crippen LogP contribution in [0.5, 0.6) is 0 Å². The molecule has 0 amide bonds. The SMILES string of the molecule is COC1(Cc2ccccc2)OC(=O)c2ccccc21. The second-order valence-electron chi connectivity index (χ2n) is 4.55. The molecule has 3 rings (SSSR count). The summed E-state index contributed by atoms with van der Waals surface area (Å²) >= 11 is 0. The van der Waals surface area contributed by atoms with Crippen molar-refractivity contribution in [3.8, 4) is 0 Å². The van der Waals surface area contributed by atoms with Crippen LogP contribution in [-0.4, -0.2) is 13.1 Å². The lowest BCUT2D eigenvalue weighted by Crippen LogP contribution is -2.31. The van der Waals surface area contributed by atoms with E-state index in [1.54, 1.807) is 13.2 Å². The minimum atomic E-state index is -1.00. The third kappa shape index (κ3) is 1.92. The molecule has 1 aliphatic heterocycles. The van der Waals surface area contributed by atoms with Crippen LogP contribution in [0.4, 0.5) is 0 Å². The Bertz CT molecular complexity index is 606. The molecule has 2 aromatic carbocycles. The second kappa shape index (κ2) is 4.52. The molecule has 19 heavy (non-hydrogen) atoms. The molecule has 2 aromatic rings. The van der Waals surface area contributed by atoms with Crippen molar-refractivity contribution in [3.63, 3.8) is 0 Å². The molecule has 0 bridgehead atoms. The predicted molar refractivity (Wildman–Crippen MR) is 70.7 cm³/mol. The molecule has 0 saturated heterocycles. The van der Waals surface area contributed by atoms with Gasteiger partial charge in [0.1, 0.15) is 0 Å². The van der Waals surface area contributed by atoms with Crippen LogP contribution >= 0.6 is 0 Å². The quantitative estimate of drug-likeness (QED) is 0.790. The molecule has 0 N–H and O–H groups in total. The van der Waals surface area contributed by atoms with Crippen molar-refractivity contribution in [3.05, 3.63) is 71.3 Å². The topological polar surface area (TPSA) is 35.5 Å². The van der Waals surface area contributed by atoms with E-state index in [0.717, 1.165) is 11.1 Å². The molecule has 0 spiro atoms. The van der Waals surface area contributed by atoms with Gasteiger partial charge in [0.2, 0.25) is 5.79 Å². The first-order valence-electron chi connectivity index (χ1n) is 6.17. The number of methoxy groups -OCH3 is 1. The molecule has 0 aliphatic carbocycles. The Kier molecular flexibility index (Phi) is 2.84. The van der Waals surface area contributed by atoms with Crippen molar-refractivity contribution < 1.29 is 14.3 Å². The standard InChI is InChI=1S/C16H14O3/c1-18-16(11-12-7-3-2-4-8-12)14-10-6-5-9-13(14)15(17)19-16/h2-10H,11H2,1H3. The van der Waals surface area contributed by atoms with Crippen molar-refractivity contribution in [1.29, 1.82) is 0 Å². The van der Waals surface area contributed by atoms with Crippen LogP contribution < -0.4 is 0 Å². The van der Waals surface area contributed by atoms with Gasteiger partial charge < -0.3 is 9.47 Å². The summed E-state index contributed by atoms with van der Waals surface area (Å²) in [6.07, 6.45) is 0.507. The summed E-state index contributed by atoms with van der Waals surface area (Å²) in [5.41, 5.74) is 2.44. The van der Waals surface area contributed by atoms with Gasteiger partial charge in [0.25, 0.3) is 0 Å². The molecule has 1 heterocycles. The summed E-state index contributed by atoms with van der Waals surface area (Å²) in [4.78, 5) is 11.9. The zero-order valence-electron chi connectivity index (χ0n) is 10.6. The number of hydrogen-bond donors (Lipinski definition) is 0. The fourth-order valence-corrected chi connectivity index (χ4v) is 2.47. The van der Waals surface area contributed by atoms with E-state index in [0.29, 0.717) is 12.0 Å². The number of carbonyl (C=O) groups is 1. The summed E-state index contributed by atoms with van der Waals surface area (Å²) in [7, 11) is 1.57. The lowest BCUT2D eigenvalue weighted by Gasteiger charge is -2.27. The largest absolute Gasteiger partial charge is 0.425 e. The number of cyclic esters (lactones) is 1. The van der Waals surface area contributed by atoms with E-state index in [1.807, 2.05) is 48.5 Å². The third-order valence-electron chi connectivity index (χ3n) is 3.42. The van der Waals surface area contributed by atoms with Crippen molar-refractivity contribution in [2.45, 2.75) is 12.2 Å². The van der Waals surface area contributed by atoms with Gasteiger partial charge in [-0.05, 0) is 11.6 Å². The van der Waals surface area contributed by atoms with Crippen molar-refractivity contribution >= 4 is 5.97 Å². The van der Waals surface area contributed by atoms with Crippen LogP contribution in [0.25, 0.3) is 0 Å². The normalized spacial score (nSPS) is 21.0. The Hall–Kier alpha value is -2.13. The molecule has 96 valence electrons. The highest BCUT2D eigenvalue weighted by atomic mass is 16.7. The predicted octanol–water partition coefficient (Wildman–Crippen LogP) is 2.90. The van der Waals surface area contributed by atoms with Crippen molar-refractivity contribution in [2.24, 2.45) is 0 Å². The molecule has 1 unspecified atom stereocenters. The average Bonchev–Trinajstić information content (AvgIpc) is 2.74. The van der Waals surface area contributed by atoms with Crippen LogP contribution in [0.1, 0.15) is 21.5 Å². The maximum atomic E-state index is 11.9. The number of hydrogen-bond acceptors (Lipinski definition) is 3. The highest BCUT2D eigenvalue weighted by molar-refractivity contribution is 5.94. The summed E-state index contributed by atoms with van der Waals surface area (Å²) in [6, 6.07) is 17.2. The molecule has 3 heteroatoms. The Morgan fingerprint density at radius 2 is 1.74 bits per heavy atom. The fraction of sp³-hybridized carbons (Fsp3) is 0.188. The van der Waals surface area contributed by atoms with Crippen molar-refractivity contribution in [1.82, 2.24) is 0 Å². The summed E-state index contributed by atoms with van der Waals surface area (Å²) in [5.74, 6) is -1.33. The van der Waals surface area contributed by atoms with Gasteiger partial charge in [-0.1, -0.05) is 48.5 Å². The molecule has 0 radical (unpaired) electrons. The highest BCUT2D eigenvalue weighted by Crippen LogP contribution is 2.39. The number of benzene rings is 2. The van der Waals surface area contributed by atoms with Crippen molar-refractivity contribution in [2.75, 3.05) is 7.11 Å². The Labute approximate surface area is 111 Å². The number of carbonyl (C=O) groups excluding carboxylic acids is 1. The zero-order chi connectivity index (χ0) is 13.3. The van der Waals surface area contributed by atoms with Crippen LogP contribution in [0.2, 0.25) is 0 Å². The van der Waals surface area contributed by atoms with Crippen LogP contribution in [0.15, 0.2) is 54.6 Å². The van der Waals surface area contributed by atoms with E-state index >= 15 is 0 Å². The van der Waals surface area contributed by atoms with Gasteiger partial charge >= 0.3 is 5.97 Å². The highest BCUT2D eigenvalue weighted by Gasteiger charge is 2.45. The minimum Gasteiger partial charge on any atom is -0.425 e. The van der Waals surface area contributed by atoms with Gasteiger partial charge in [-0.2, -0.15) is 0 Å². The first-order chi connectivity index (χ1) is 9.25. The second-order valence-corrected chi connectivity index (χ2v) is 4.55. The van der Waals surface area contributed by atoms with Gasteiger partial charge in [-0.15, -0.1) is 0 Å². The summed E-state index contributed by atoms with van der Waals surface area (Å²) in [5, 5.41) is 0. The van der Waals surface area contributed by atoms with E-state index in [4.69, 9.17) is 9.47 Å². The van der Waals surface area contributed by atoms with Crippen LogP contribution in [0, 0.1) is 0 Å². The van der Waals surface area contributed by atoms with E-state index in [1.165, 1.54) is 0 Å². The molecular formula is C16H14O3. The average molecular weight is 254 g/mol. The number of esters is 1. The number of ether oxygens (including phenoxy) is 2. The first kappa shape index (κ1) is 11.9. The first-order valence-corrected chi connectivity index (χ1v) is 6.17. The Morgan fingerprint density at radius 3 is 2.47 bits per heavy atom. The van der Waals surface area contributed by atoms with E-state index in [9.17, 15) is 4.79 Å². The van der Waals surface area contributed by atoms with Gasteiger partial charge in [0.05, 0.1) is 5.56 Å². The summed E-state index contributed by atoms with van der Waals surface area (Å²) < 4.78 is 11.1. The van der Waals surface area contributed by atoms with Gasteiger partial charge in [-0.25, -0.2) is 4.79 Å². The molecular weight excluding hydrogens is 240 g/mol. The minimum absolute atomic E-state index is 0.326. The molecule has 1 atom stereocenters. The molecule has 3 nitrogen and oxygen atoms in total. The van der Waals surface area contributed by atoms with E-state index < -0.39 is 5.79 Å². The van der Waals surface area contributed by atoms with E-state index in [2.05, 4.69) is 0 Å². The lowest BCUT2D eigenvalue weighted by atomic mass is 9.96. The Morgan fingerprint density at radius 1 is 1.05 bits per heavy atom. The maximum absolute atomic E-state index is 11.9. The monoisotopic (exact) mass is 254 g/mol. The lowest BCUT2D eigenvalue weighted by molar-refractivity contribution is -0.185. The Balaban J connectivity index is 2.04. The maximum Gasteiger partial charge on any atom is 0.341 e. The zero-order valence-corrected chi connectivity index (χ0v) is 10.6. The van der Waals surface area contributed by atoms with Gasteiger partial charge in [-0.3, -0.25) is 0 Å². The van der Waals surface area contributed by atoms with Gasteiger partial charge in [0, 0.05) is 19.1 Å². The van der Waals surface area contributed by atoms with Crippen LogP contribution in [-0.2, 0) is 21.7 Å². The molecule has 0 saturated carbocycles. The number of fused-ring (bicyclic) bond motifs is 1. The van der Waals surface area contributed by atoms with Gasteiger partial charge in [0.15, 0.2) is 0 Å². The summed E-state index contributed by atoms with van der Waals surface area (Å²) in [6.45, 7) is 0. The van der Waals surface area contributed by atoms with Crippen LogP contribution in [0.3, 0.4) is 0 Å². The third-order valence-corrected chi connectivity index (χ3v) is 3.42. The molecule has 0 aromatic heterocycles. The molecule has 1 aliphatic rings. The molecule has 0 fully saturated rings. The number of rotatable bonds is 3.